The van der Waals surface area contributed by atoms with Crippen LogP contribution in [0.5, 0.6) is 5.75 Å². The Hall–Kier alpha value is -2.52. The smallest absolute Gasteiger partial charge is 0.254 e. The summed E-state index contributed by atoms with van der Waals surface area (Å²) in [6.45, 7) is 3.40. The van der Waals surface area contributed by atoms with Crippen molar-refractivity contribution in [1.82, 2.24) is 14.9 Å². The summed E-state index contributed by atoms with van der Waals surface area (Å²) in [6.07, 6.45) is 1.59. The van der Waals surface area contributed by atoms with Crippen LogP contribution < -0.4 is 10.5 Å². The molecule has 1 aromatic rings. The van der Waals surface area contributed by atoms with E-state index in [1.165, 1.54) is 5.06 Å². The van der Waals surface area contributed by atoms with Crippen molar-refractivity contribution in [2.75, 3.05) is 45.9 Å². The number of hydrogen-bond donors (Lipinski definition) is 2. The van der Waals surface area contributed by atoms with Crippen LogP contribution in [0, 0.1) is 11.3 Å². The number of amides is 2. The zero-order valence-electron chi connectivity index (χ0n) is 15.5. The Morgan fingerprint density at radius 3 is 2.64 bits per heavy atom. The first-order valence-corrected chi connectivity index (χ1v) is 9.50. The summed E-state index contributed by atoms with van der Waals surface area (Å²) in [4.78, 5) is 32.3. The van der Waals surface area contributed by atoms with Crippen LogP contribution in [0.4, 0.5) is 0 Å². The van der Waals surface area contributed by atoms with Crippen molar-refractivity contribution in [2.24, 2.45) is 11.7 Å². The maximum absolute atomic E-state index is 12.8. The Kier molecular flexibility index (Phi) is 6.58. The monoisotopic (exact) mass is 409 g/mol. The van der Waals surface area contributed by atoms with Gasteiger partial charge in [0, 0.05) is 49.2 Å². The molecule has 2 fully saturated rings. The van der Waals surface area contributed by atoms with E-state index in [1.807, 2.05) is 0 Å². The standard InChI is InChI=1S/C18H24ClN5O4/c19-15-7-14(17(26)23-5-3-22(12-25)4-6-23)8-16(9-15)27-10-13-1-2-24(18(20)21)28-11-13/h7-9,12-13H,1-6,10-11H2,(H3,20,21). The van der Waals surface area contributed by atoms with Crippen LogP contribution >= 0.6 is 11.6 Å². The van der Waals surface area contributed by atoms with Crippen LogP contribution in [0.2, 0.25) is 5.02 Å². The minimum atomic E-state index is -0.129. The van der Waals surface area contributed by atoms with Gasteiger partial charge in [0.25, 0.3) is 5.91 Å². The fourth-order valence-electron chi connectivity index (χ4n) is 3.16. The molecule has 0 bridgehead atoms. The van der Waals surface area contributed by atoms with Gasteiger partial charge in [-0.1, -0.05) is 11.6 Å². The van der Waals surface area contributed by atoms with E-state index in [2.05, 4.69) is 0 Å². The van der Waals surface area contributed by atoms with Crippen LogP contribution in [-0.4, -0.2) is 79.1 Å². The van der Waals surface area contributed by atoms with E-state index in [-0.39, 0.29) is 17.8 Å². The van der Waals surface area contributed by atoms with Crippen LogP contribution in [0.15, 0.2) is 18.2 Å². The molecule has 1 unspecified atom stereocenters. The molecule has 152 valence electrons. The molecule has 0 aliphatic carbocycles. The summed E-state index contributed by atoms with van der Waals surface area (Å²) in [5.41, 5.74) is 5.86. The summed E-state index contributed by atoms with van der Waals surface area (Å²) in [7, 11) is 0. The molecule has 2 aliphatic rings. The van der Waals surface area contributed by atoms with Gasteiger partial charge < -0.3 is 20.3 Å². The number of carbonyl (C=O) groups is 2. The van der Waals surface area contributed by atoms with Crippen LogP contribution in [0.25, 0.3) is 0 Å². The van der Waals surface area contributed by atoms with Crippen LogP contribution in [0.3, 0.4) is 0 Å². The highest BCUT2D eigenvalue weighted by Gasteiger charge is 2.24. The third-order valence-electron chi connectivity index (χ3n) is 4.83. The van der Waals surface area contributed by atoms with Crippen LogP contribution in [-0.2, 0) is 9.63 Å². The summed E-state index contributed by atoms with van der Waals surface area (Å²) in [5, 5.41) is 9.15. The molecular formula is C18H24ClN5O4. The van der Waals surface area contributed by atoms with E-state index < -0.39 is 0 Å². The Balaban J connectivity index is 1.57. The highest BCUT2D eigenvalue weighted by atomic mass is 35.5. The van der Waals surface area contributed by atoms with Gasteiger partial charge in [-0.2, -0.15) is 0 Å². The zero-order chi connectivity index (χ0) is 20.1. The van der Waals surface area contributed by atoms with Crippen molar-refractivity contribution in [3.63, 3.8) is 0 Å². The molecule has 2 saturated heterocycles. The summed E-state index contributed by atoms with van der Waals surface area (Å²) >= 11 is 6.18. The van der Waals surface area contributed by atoms with Crippen molar-refractivity contribution >= 4 is 29.9 Å². The largest absolute Gasteiger partial charge is 0.493 e. The first-order valence-electron chi connectivity index (χ1n) is 9.12. The average Bonchev–Trinajstić information content (AvgIpc) is 2.71. The van der Waals surface area contributed by atoms with Crippen molar-refractivity contribution in [3.8, 4) is 5.75 Å². The molecule has 0 aromatic heterocycles. The fraction of sp³-hybridized carbons (Fsp3) is 0.500. The molecule has 2 aliphatic heterocycles. The van der Waals surface area contributed by atoms with E-state index >= 15 is 0 Å². The molecule has 28 heavy (non-hydrogen) atoms. The van der Waals surface area contributed by atoms with E-state index in [0.717, 1.165) is 12.8 Å². The number of carbonyl (C=O) groups excluding carboxylic acids is 2. The molecule has 0 saturated carbocycles. The van der Waals surface area contributed by atoms with E-state index in [0.29, 0.717) is 62.3 Å². The quantitative estimate of drug-likeness (QED) is 0.422. The molecule has 2 heterocycles. The highest BCUT2D eigenvalue weighted by molar-refractivity contribution is 6.31. The minimum absolute atomic E-state index is 0.105. The predicted molar refractivity (Wildman–Crippen MR) is 103 cm³/mol. The maximum atomic E-state index is 12.8. The topological polar surface area (TPSA) is 112 Å². The number of nitrogens with two attached hydrogens (primary N) is 1. The van der Waals surface area contributed by atoms with Gasteiger partial charge in [0.05, 0.1) is 13.2 Å². The first-order chi connectivity index (χ1) is 13.5. The van der Waals surface area contributed by atoms with E-state index in [4.69, 9.17) is 32.3 Å². The lowest BCUT2D eigenvalue weighted by atomic mass is 10.1. The van der Waals surface area contributed by atoms with Crippen molar-refractivity contribution in [1.29, 1.82) is 5.41 Å². The molecule has 0 spiro atoms. The molecule has 10 heteroatoms. The molecule has 3 rings (SSSR count). The second kappa shape index (κ2) is 9.11. The minimum Gasteiger partial charge on any atom is -0.493 e. The number of ether oxygens (including phenoxy) is 1. The van der Waals surface area contributed by atoms with Gasteiger partial charge >= 0.3 is 0 Å². The van der Waals surface area contributed by atoms with Crippen molar-refractivity contribution in [3.05, 3.63) is 28.8 Å². The lowest BCUT2D eigenvalue weighted by molar-refractivity contribution is -0.149. The van der Waals surface area contributed by atoms with Gasteiger partial charge in [0.2, 0.25) is 12.4 Å². The van der Waals surface area contributed by atoms with Gasteiger partial charge in [0.1, 0.15) is 5.75 Å². The van der Waals surface area contributed by atoms with Gasteiger partial charge in [-0.15, -0.1) is 0 Å². The van der Waals surface area contributed by atoms with Gasteiger partial charge in [0.15, 0.2) is 0 Å². The maximum Gasteiger partial charge on any atom is 0.254 e. The number of hydroxylamine groups is 2. The number of rotatable bonds is 5. The summed E-state index contributed by atoms with van der Waals surface area (Å²) < 4.78 is 5.84. The molecule has 0 radical (unpaired) electrons. The van der Waals surface area contributed by atoms with E-state index in [9.17, 15) is 9.59 Å². The van der Waals surface area contributed by atoms with Crippen molar-refractivity contribution in [2.45, 2.75) is 6.42 Å². The second-order valence-electron chi connectivity index (χ2n) is 6.86. The summed E-state index contributed by atoms with van der Waals surface area (Å²) in [6, 6.07) is 4.98. The Labute approximate surface area is 168 Å². The molecule has 1 aromatic carbocycles. The zero-order valence-corrected chi connectivity index (χ0v) is 16.2. The third-order valence-corrected chi connectivity index (χ3v) is 5.05. The molecular weight excluding hydrogens is 386 g/mol. The normalized spacial score (nSPS) is 20.0. The molecule has 3 N–H and O–H groups in total. The number of benzene rings is 1. The first kappa shape index (κ1) is 20.2. The lowest BCUT2D eigenvalue weighted by Gasteiger charge is -2.32. The Morgan fingerprint density at radius 1 is 1.29 bits per heavy atom. The van der Waals surface area contributed by atoms with Crippen molar-refractivity contribution < 1.29 is 19.2 Å². The molecule has 1 atom stereocenters. The fourth-order valence-corrected chi connectivity index (χ4v) is 3.39. The number of hydrogen-bond acceptors (Lipinski definition) is 5. The molecule has 2 amide bonds. The van der Waals surface area contributed by atoms with Gasteiger partial charge in [-0.25, -0.2) is 5.06 Å². The number of guanidine groups is 1. The number of halogens is 1. The Morgan fingerprint density at radius 2 is 2.04 bits per heavy atom. The van der Waals surface area contributed by atoms with Gasteiger partial charge in [-0.3, -0.25) is 19.8 Å². The number of nitrogens with one attached hydrogen (secondary N) is 1. The lowest BCUT2D eigenvalue weighted by Crippen LogP contribution is -2.48. The number of nitrogens with zero attached hydrogens (tertiary/aromatic N) is 3. The SMILES string of the molecule is N=C(N)N1CCC(COc2cc(Cl)cc(C(=O)N3CCN(C=O)CC3)c2)CO1. The molecule has 9 nitrogen and oxygen atoms in total. The predicted octanol–water partition coefficient (Wildman–Crippen LogP) is 0.780. The van der Waals surface area contributed by atoms with Crippen LogP contribution in [0.1, 0.15) is 16.8 Å². The average molecular weight is 410 g/mol. The number of piperazine rings is 1. The second-order valence-corrected chi connectivity index (χ2v) is 7.29. The Bertz CT molecular complexity index is 731. The van der Waals surface area contributed by atoms with Gasteiger partial charge in [-0.05, 0) is 24.6 Å². The highest BCUT2D eigenvalue weighted by Crippen LogP contribution is 2.24. The third kappa shape index (κ3) is 5.05. The summed E-state index contributed by atoms with van der Waals surface area (Å²) in [5.74, 6) is 0.448. The van der Waals surface area contributed by atoms with E-state index in [1.54, 1.807) is 28.0 Å².